The van der Waals surface area contributed by atoms with E-state index in [-0.39, 0.29) is 0 Å². The van der Waals surface area contributed by atoms with Crippen molar-refractivity contribution in [2.24, 2.45) is 0 Å². The fourth-order valence-electron chi connectivity index (χ4n) is 2.32. The molecule has 22 heavy (non-hydrogen) atoms. The standard InChI is InChI=1S/C17H19N5/c1-11(2)8-9-19-14-10-13-15(17(18)22-21-13)16(20-14)12-6-4-3-5-7-12/h3-8,10H,9H2,1-2H3,(H,19,20)(H3,18,21,22). The molecule has 0 saturated carbocycles. The summed E-state index contributed by atoms with van der Waals surface area (Å²) in [4.78, 5) is 4.72. The van der Waals surface area contributed by atoms with Gasteiger partial charge >= 0.3 is 0 Å². The number of nitrogen functional groups attached to an aromatic ring is 1. The van der Waals surface area contributed by atoms with Gasteiger partial charge in [0.15, 0.2) is 5.82 Å². The quantitative estimate of drug-likeness (QED) is 0.642. The molecular formula is C17H19N5. The number of pyridine rings is 1. The first-order valence-electron chi connectivity index (χ1n) is 7.22. The smallest absolute Gasteiger partial charge is 0.155 e. The largest absolute Gasteiger partial charge is 0.382 e. The van der Waals surface area contributed by atoms with Gasteiger partial charge in [-0.25, -0.2) is 4.98 Å². The van der Waals surface area contributed by atoms with Crippen molar-refractivity contribution in [2.75, 3.05) is 17.6 Å². The summed E-state index contributed by atoms with van der Waals surface area (Å²) in [7, 11) is 0. The lowest BCUT2D eigenvalue weighted by molar-refractivity contribution is 1.13. The van der Waals surface area contributed by atoms with E-state index >= 15 is 0 Å². The highest BCUT2D eigenvalue weighted by molar-refractivity contribution is 6.00. The van der Waals surface area contributed by atoms with Gasteiger partial charge in [-0.05, 0) is 13.8 Å². The molecule has 0 bridgehead atoms. The van der Waals surface area contributed by atoms with Crippen LogP contribution < -0.4 is 11.1 Å². The maximum absolute atomic E-state index is 5.99. The minimum absolute atomic E-state index is 0.470. The van der Waals surface area contributed by atoms with Crippen molar-refractivity contribution in [3.63, 3.8) is 0 Å². The molecule has 3 rings (SSSR count). The number of H-pyrrole nitrogens is 1. The minimum Gasteiger partial charge on any atom is -0.382 e. The number of hydrogen-bond acceptors (Lipinski definition) is 4. The zero-order valence-corrected chi connectivity index (χ0v) is 12.7. The van der Waals surface area contributed by atoms with Crippen molar-refractivity contribution in [1.82, 2.24) is 15.2 Å². The van der Waals surface area contributed by atoms with Crippen LogP contribution >= 0.6 is 0 Å². The van der Waals surface area contributed by atoms with E-state index in [4.69, 9.17) is 10.7 Å². The van der Waals surface area contributed by atoms with Crippen LogP contribution in [0.5, 0.6) is 0 Å². The van der Waals surface area contributed by atoms with Gasteiger partial charge in [0.05, 0.1) is 16.6 Å². The average molecular weight is 293 g/mol. The summed E-state index contributed by atoms with van der Waals surface area (Å²) in [6, 6.07) is 11.9. The Kier molecular flexibility index (Phi) is 3.78. The lowest BCUT2D eigenvalue weighted by Gasteiger charge is -2.08. The van der Waals surface area contributed by atoms with E-state index in [9.17, 15) is 0 Å². The Labute approximate surface area is 129 Å². The van der Waals surface area contributed by atoms with Crippen molar-refractivity contribution in [2.45, 2.75) is 13.8 Å². The van der Waals surface area contributed by atoms with E-state index in [0.29, 0.717) is 5.82 Å². The Hall–Kier alpha value is -2.82. The number of anilines is 2. The average Bonchev–Trinajstić information content (AvgIpc) is 2.88. The van der Waals surface area contributed by atoms with Crippen molar-refractivity contribution in [1.29, 1.82) is 0 Å². The first kappa shape index (κ1) is 14.1. The third kappa shape index (κ3) is 2.79. The lowest BCUT2D eigenvalue weighted by atomic mass is 10.1. The Morgan fingerprint density at radius 1 is 1.27 bits per heavy atom. The van der Waals surface area contributed by atoms with Crippen LogP contribution in [0.25, 0.3) is 22.2 Å². The zero-order valence-electron chi connectivity index (χ0n) is 12.7. The molecule has 0 aliphatic heterocycles. The van der Waals surface area contributed by atoms with Gasteiger partial charge in [0, 0.05) is 18.2 Å². The molecule has 0 spiro atoms. The van der Waals surface area contributed by atoms with Gasteiger partial charge in [-0.1, -0.05) is 42.0 Å². The molecule has 1 aromatic carbocycles. The van der Waals surface area contributed by atoms with E-state index < -0.39 is 0 Å². The van der Waals surface area contributed by atoms with Crippen molar-refractivity contribution in [3.8, 4) is 11.3 Å². The molecule has 2 heterocycles. The number of rotatable bonds is 4. The van der Waals surface area contributed by atoms with Gasteiger partial charge in [-0.3, -0.25) is 5.10 Å². The molecule has 0 atom stereocenters. The van der Waals surface area contributed by atoms with E-state index in [1.54, 1.807) is 0 Å². The SMILES string of the molecule is CC(C)=CCNc1cc2[nH]nc(N)c2c(-c2ccccc2)n1. The monoisotopic (exact) mass is 293 g/mol. The normalized spacial score (nSPS) is 10.6. The molecule has 0 unspecified atom stereocenters. The highest BCUT2D eigenvalue weighted by Crippen LogP contribution is 2.31. The topological polar surface area (TPSA) is 79.6 Å². The Morgan fingerprint density at radius 2 is 2.05 bits per heavy atom. The summed E-state index contributed by atoms with van der Waals surface area (Å²) < 4.78 is 0. The molecule has 3 aromatic rings. The number of aromatic nitrogens is 3. The summed E-state index contributed by atoms with van der Waals surface area (Å²) in [5.74, 6) is 1.27. The van der Waals surface area contributed by atoms with Crippen molar-refractivity contribution < 1.29 is 0 Å². The number of hydrogen-bond donors (Lipinski definition) is 3. The predicted molar refractivity (Wildman–Crippen MR) is 91.7 cm³/mol. The van der Waals surface area contributed by atoms with Gasteiger partial charge < -0.3 is 11.1 Å². The number of benzene rings is 1. The summed E-state index contributed by atoms with van der Waals surface area (Å²) in [5.41, 5.74) is 10.00. The Balaban J connectivity index is 2.08. The van der Waals surface area contributed by atoms with Gasteiger partial charge in [-0.2, -0.15) is 5.10 Å². The van der Waals surface area contributed by atoms with E-state index in [1.807, 2.05) is 36.4 Å². The molecule has 0 aliphatic carbocycles. The second kappa shape index (κ2) is 5.89. The first-order chi connectivity index (χ1) is 10.6. The summed E-state index contributed by atoms with van der Waals surface area (Å²) >= 11 is 0. The predicted octanol–water partition coefficient (Wildman–Crippen LogP) is 3.59. The summed E-state index contributed by atoms with van der Waals surface area (Å²) in [6.45, 7) is 4.88. The number of fused-ring (bicyclic) bond motifs is 1. The molecule has 112 valence electrons. The third-order valence-corrected chi connectivity index (χ3v) is 3.41. The third-order valence-electron chi connectivity index (χ3n) is 3.41. The highest BCUT2D eigenvalue weighted by Gasteiger charge is 2.13. The van der Waals surface area contributed by atoms with Crippen LogP contribution in [0.2, 0.25) is 0 Å². The van der Waals surface area contributed by atoms with Gasteiger partial charge in [-0.15, -0.1) is 0 Å². The molecular weight excluding hydrogens is 274 g/mol. The van der Waals surface area contributed by atoms with Crippen LogP contribution in [0, 0.1) is 0 Å². The second-order valence-corrected chi connectivity index (χ2v) is 5.42. The molecule has 0 fully saturated rings. The molecule has 5 heteroatoms. The van der Waals surface area contributed by atoms with Crippen molar-refractivity contribution >= 4 is 22.5 Å². The summed E-state index contributed by atoms with van der Waals surface area (Å²) in [6.07, 6.45) is 2.12. The zero-order chi connectivity index (χ0) is 15.5. The van der Waals surface area contributed by atoms with E-state index in [2.05, 4.69) is 35.4 Å². The number of allylic oxidation sites excluding steroid dienone is 1. The van der Waals surface area contributed by atoms with Crippen LogP contribution in [0.4, 0.5) is 11.6 Å². The van der Waals surface area contributed by atoms with Crippen LogP contribution in [-0.2, 0) is 0 Å². The van der Waals surface area contributed by atoms with Crippen LogP contribution in [0.1, 0.15) is 13.8 Å². The molecule has 0 radical (unpaired) electrons. The van der Waals surface area contributed by atoms with Crippen molar-refractivity contribution in [3.05, 3.63) is 48.0 Å². The molecule has 5 nitrogen and oxygen atoms in total. The number of nitrogens with two attached hydrogens (primary N) is 1. The maximum atomic E-state index is 5.99. The Morgan fingerprint density at radius 3 is 2.77 bits per heavy atom. The lowest BCUT2D eigenvalue weighted by Crippen LogP contribution is -2.02. The number of nitrogens with one attached hydrogen (secondary N) is 2. The van der Waals surface area contributed by atoms with Gasteiger partial charge in [0.25, 0.3) is 0 Å². The van der Waals surface area contributed by atoms with Crippen LogP contribution in [0.15, 0.2) is 48.0 Å². The molecule has 0 saturated heterocycles. The molecule has 2 aromatic heterocycles. The fourth-order valence-corrected chi connectivity index (χ4v) is 2.32. The van der Waals surface area contributed by atoms with Crippen LogP contribution in [0.3, 0.4) is 0 Å². The Bertz CT molecular complexity index is 814. The van der Waals surface area contributed by atoms with Gasteiger partial charge in [0.2, 0.25) is 0 Å². The molecule has 0 aliphatic rings. The number of aromatic amines is 1. The highest BCUT2D eigenvalue weighted by atomic mass is 15.2. The second-order valence-electron chi connectivity index (χ2n) is 5.42. The first-order valence-corrected chi connectivity index (χ1v) is 7.22. The maximum Gasteiger partial charge on any atom is 0.155 e. The van der Waals surface area contributed by atoms with E-state index in [0.717, 1.165) is 34.5 Å². The molecule has 0 amide bonds. The molecule has 4 N–H and O–H groups in total. The van der Waals surface area contributed by atoms with Gasteiger partial charge in [0.1, 0.15) is 5.82 Å². The fraction of sp³-hybridized carbons (Fsp3) is 0.176. The minimum atomic E-state index is 0.470. The number of nitrogens with zero attached hydrogens (tertiary/aromatic N) is 2. The van der Waals surface area contributed by atoms with E-state index in [1.165, 1.54) is 5.57 Å². The summed E-state index contributed by atoms with van der Waals surface area (Å²) in [5, 5.41) is 11.2. The van der Waals surface area contributed by atoms with Crippen LogP contribution in [-0.4, -0.2) is 21.7 Å².